The van der Waals surface area contributed by atoms with E-state index in [4.69, 9.17) is 0 Å². The van der Waals surface area contributed by atoms with Crippen LogP contribution < -0.4 is 4.72 Å². The molecule has 6 nitrogen and oxygen atoms in total. The summed E-state index contributed by atoms with van der Waals surface area (Å²) in [5.41, 5.74) is 2.46. The Morgan fingerprint density at radius 2 is 1.93 bits per heavy atom. The third-order valence-electron chi connectivity index (χ3n) is 5.24. The Balaban J connectivity index is 1.62. The fourth-order valence-electron chi connectivity index (χ4n) is 3.66. The van der Waals surface area contributed by atoms with Crippen LogP contribution in [-0.4, -0.2) is 49.3 Å². The quantitative estimate of drug-likeness (QED) is 0.706. The summed E-state index contributed by atoms with van der Waals surface area (Å²) in [6.45, 7) is 3.38. The molecule has 1 aliphatic rings. The second-order valence-corrected chi connectivity index (χ2v) is 11.0. The summed E-state index contributed by atoms with van der Waals surface area (Å²) in [5, 5.41) is 0. The molecule has 1 heterocycles. The molecule has 1 fully saturated rings. The van der Waals surface area contributed by atoms with Crippen LogP contribution in [0.3, 0.4) is 0 Å². The van der Waals surface area contributed by atoms with Crippen molar-refractivity contribution in [1.29, 1.82) is 0 Å². The van der Waals surface area contributed by atoms with Crippen LogP contribution in [0.4, 0.5) is 0 Å². The van der Waals surface area contributed by atoms with Crippen LogP contribution in [0.2, 0.25) is 0 Å². The van der Waals surface area contributed by atoms with Crippen molar-refractivity contribution >= 4 is 26.7 Å². The largest absolute Gasteiger partial charge is 0.338 e. The van der Waals surface area contributed by atoms with Gasteiger partial charge in [0.25, 0.3) is 5.91 Å². The third kappa shape index (κ3) is 6.00. The van der Waals surface area contributed by atoms with Gasteiger partial charge in [-0.1, -0.05) is 29.8 Å². The number of sulfonamides is 1. The van der Waals surface area contributed by atoms with Gasteiger partial charge in [0.05, 0.1) is 4.90 Å². The van der Waals surface area contributed by atoms with Crippen LogP contribution in [0.25, 0.3) is 0 Å². The molecule has 8 heteroatoms. The standard InChI is InChI=1S/C22H28N2O4S2/c1-17-8-10-21(11-9-17)30(27,28)23-14-19-6-4-12-24(15-19)22(25)20-7-3-5-18(13-20)16-29(2)26/h3,5,7-11,13,19,23H,4,6,12,14-16H2,1-2H3. The van der Waals surface area contributed by atoms with Gasteiger partial charge in [0.15, 0.2) is 0 Å². The Morgan fingerprint density at radius 3 is 2.63 bits per heavy atom. The maximum atomic E-state index is 12.9. The number of amides is 1. The number of carbonyl (C=O) groups excluding carboxylic acids is 1. The van der Waals surface area contributed by atoms with Crippen LogP contribution in [0.5, 0.6) is 0 Å². The third-order valence-corrected chi connectivity index (χ3v) is 7.42. The second-order valence-electron chi connectivity index (χ2n) is 7.84. The molecule has 0 saturated carbocycles. The Kier molecular flexibility index (Phi) is 7.44. The Hall–Kier alpha value is -2.03. The van der Waals surface area contributed by atoms with Gasteiger partial charge in [0.1, 0.15) is 0 Å². The molecular weight excluding hydrogens is 420 g/mol. The maximum absolute atomic E-state index is 12.9. The highest BCUT2D eigenvalue weighted by Gasteiger charge is 2.26. The molecule has 1 aliphatic heterocycles. The van der Waals surface area contributed by atoms with Crippen molar-refractivity contribution in [3.05, 3.63) is 65.2 Å². The Bertz CT molecular complexity index is 1020. The van der Waals surface area contributed by atoms with Crippen molar-refractivity contribution < 1.29 is 17.4 Å². The van der Waals surface area contributed by atoms with Crippen molar-refractivity contribution in [2.75, 3.05) is 25.9 Å². The molecule has 1 saturated heterocycles. The summed E-state index contributed by atoms with van der Waals surface area (Å²) >= 11 is 0. The molecule has 30 heavy (non-hydrogen) atoms. The second kappa shape index (κ2) is 9.85. The number of likely N-dealkylation sites (tertiary alicyclic amines) is 1. The first-order valence-corrected chi connectivity index (χ1v) is 13.2. The van der Waals surface area contributed by atoms with Gasteiger partial charge in [0.2, 0.25) is 10.0 Å². The van der Waals surface area contributed by atoms with E-state index < -0.39 is 20.8 Å². The smallest absolute Gasteiger partial charge is 0.253 e. The number of rotatable bonds is 7. The fourth-order valence-corrected chi connectivity index (χ4v) is 5.42. The van der Waals surface area contributed by atoms with Crippen molar-refractivity contribution in [2.24, 2.45) is 5.92 Å². The number of hydrogen-bond donors (Lipinski definition) is 1. The lowest BCUT2D eigenvalue weighted by Gasteiger charge is -2.33. The van der Waals surface area contributed by atoms with E-state index in [1.807, 2.05) is 19.1 Å². The zero-order valence-corrected chi connectivity index (χ0v) is 19.0. The number of aryl methyl sites for hydroxylation is 1. The molecule has 0 radical (unpaired) electrons. The molecule has 2 atom stereocenters. The maximum Gasteiger partial charge on any atom is 0.253 e. The summed E-state index contributed by atoms with van der Waals surface area (Å²) in [4.78, 5) is 15.0. The lowest BCUT2D eigenvalue weighted by Crippen LogP contribution is -2.43. The number of piperidine rings is 1. The summed E-state index contributed by atoms with van der Waals surface area (Å²) in [6.07, 6.45) is 3.35. The van der Waals surface area contributed by atoms with Gasteiger partial charge in [-0.3, -0.25) is 9.00 Å². The number of nitrogens with zero attached hydrogens (tertiary/aromatic N) is 1. The first-order chi connectivity index (χ1) is 14.2. The number of carbonyl (C=O) groups is 1. The minimum Gasteiger partial charge on any atom is -0.338 e. The van der Waals surface area contributed by atoms with E-state index in [9.17, 15) is 17.4 Å². The molecule has 2 aromatic carbocycles. The molecule has 0 aliphatic carbocycles. The van der Waals surface area contributed by atoms with Crippen LogP contribution in [0, 0.1) is 12.8 Å². The SMILES string of the molecule is Cc1ccc(S(=O)(=O)NCC2CCCN(C(=O)c3cccc(CS(C)=O)c3)C2)cc1. The van der Waals surface area contributed by atoms with E-state index in [2.05, 4.69) is 4.72 Å². The lowest BCUT2D eigenvalue weighted by atomic mass is 9.97. The van der Waals surface area contributed by atoms with Crippen LogP contribution in [0.1, 0.15) is 34.3 Å². The first-order valence-electron chi connectivity index (χ1n) is 9.99. The van der Waals surface area contributed by atoms with E-state index in [1.54, 1.807) is 47.6 Å². The Labute approximate surface area is 181 Å². The van der Waals surface area contributed by atoms with Gasteiger partial charge >= 0.3 is 0 Å². The van der Waals surface area contributed by atoms with Crippen molar-refractivity contribution in [3.8, 4) is 0 Å². The van der Waals surface area contributed by atoms with Crippen LogP contribution >= 0.6 is 0 Å². The molecule has 2 unspecified atom stereocenters. The summed E-state index contributed by atoms with van der Waals surface area (Å²) in [6, 6.07) is 14.0. The summed E-state index contributed by atoms with van der Waals surface area (Å²) < 4.78 is 39.2. The van der Waals surface area contributed by atoms with Gasteiger partial charge < -0.3 is 4.90 Å². The summed E-state index contributed by atoms with van der Waals surface area (Å²) in [5.74, 6) is 0.420. The predicted molar refractivity (Wildman–Crippen MR) is 119 cm³/mol. The molecular formula is C22H28N2O4S2. The molecule has 0 aromatic heterocycles. The van der Waals surface area contributed by atoms with Gasteiger partial charge in [-0.05, 0) is 55.5 Å². The van der Waals surface area contributed by atoms with Crippen molar-refractivity contribution in [1.82, 2.24) is 9.62 Å². The first kappa shape index (κ1) is 22.7. The van der Waals surface area contributed by atoms with Gasteiger partial charge in [-0.25, -0.2) is 13.1 Å². The molecule has 162 valence electrons. The molecule has 0 bridgehead atoms. The molecule has 3 rings (SSSR count). The zero-order chi connectivity index (χ0) is 21.7. The van der Waals surface area contributed by atoms with Gasteiger partial charge in [-0.2, -0.15) is 0 Å². The molecule has 1 amide bonds. The minimum atomic E-state index is -3.57. The van der Waals surface area contributed by atoms with Crippen molar-refractivity contribution in [2.45, 2.75) is 30.4 Å². The average Bonchev–Trinajstić information content (AvgIpc) is 2.72. The molecule has 2 aromatic rings. The average molecular weight is 449 g/mol. The number of benzene rings is 2. The predicted octanol–water partition coefficient (Wildman–Crippen LogP) is 2.70. The normalized spacial score (nSPS) is 18.2. The van der Waals surface area contributed by atoms with E-state index in [1.165, 1.54) is 0 Å². The van der Waals surface area contributed by atoms with E-state index in [0.29, 0.717) is 31.0 Å². The number of nitrogens with one attached hydrogen (secondary N) is 1. The Morgan fingerprint density at radius 1 is 1.20 bits per heavy atom. The van der Waals surface area contributed by atoms with Gasteiger partial charge in [-0.15, -0.1) is 0 Å². The lowest BCUT2D eigenvalue weighted by molar-refractivity contribution is 0.0676. The summed E-state index contributed by atoms with van der Waals surface area (Å²) in [7, 11) is -4.53. The molecule has 0 spiro atoms. The monoisotopic (exact) mass is 448 g/mol. The van der Waals surface area contributed by atoms with Crippen LogP contribution in [-0.2, 0) is 26.6 Å². The highest BCUT2D eigenvalue weighted by Crippen LogP contribution is 2.20. The van der Waals surface area contributed by atoms with E-state index in [-0.39, 0.29) is 16.7 Å². The van der Waals surface area contributed by atoms with E-state index in [0.717, 1.165) is 24.0 Å². The molecule has 1 N–H and O–H groups in total. The topological polar surface area (TPSA) is 83.6 Å². The highest BCUT2D eigenvalue weighted by atomic mass is 32.2. The van der Waals surface area contributed by atoms with Crippen molar-refractivity contribution in [3.63, 3.8) is 0 Å². The van der Waals surface area contributed by atoms with Crippen LogP contribution in [0.15, 0.2) is 53.4 Å². The van der Waals surface area contributed by atoms with Gasteiger partial charge in [0, 0.05) is 48.0 Å². The zero-order valence-electron chi connectivity index (χ0n) is 17.3. The highest BCUT2D eigenvalue weighted by molar-refractivity contribution is 7.89. The fraction of sp³-hybridized carbons (Fsp3) is 0.409. The number of hydrogen-bond acceptors (Lipinski definition) is 4. The van der Waals surface area contributed by atoms with E-state index >= 15 is 0 Å². The minimum absolute atomic E-state index is 0.0641.